The van der Waals surface area contributed by atoms with Crippen LogP contribution in [0.5, 0.6) is 0 Å². The summed E-state index contributed by atoms with van der Waals surface area (Å²) in [6.07, 6.45) is 0.569. The minimum Gasteiger partial charge on any atom is -0.224 e. The van der Waals surface area contributed by atoms with Gasteiger partial charge in [-0.2, -0.15) is 8.78 Å². The zero-order valence-electron chi connectivity index (χ0n) is 7.13. The van der Waals surface area contributed by atoms with Crippen molar-refractivity contribution in [1.29, 1.82) is 0 Å². The Hall–Kier alpha value is -1.20. The van der Waals surface area contributed by atoms with Crippen molar-refractivity contribution in [3.63, 3.8) is 0 Å². The number of halogens is 6. The van der Waals surface area contributed by atoms with Gasteiger partial charge in [0.25, 0.3) is 5.67 Å². The lowest BCUT2D eigenvalue weighted by Crippen LogP contribution is -2.47. The van der Waals surface area contributed by atoms with E-state index in [1.54, 1.807) is 0 Å². The Morgan fingerprint density at radius 3 is 1.93 bits per heavy atom. The van der Waals surface area contributed by atoms with Crippen LogP contribution in [0.25, 0.3) is 0 Å². The van der Waals surface area contributed by atoms with Crippen LogP contribution in [0.1, 0.15) is 0 Å². The molecule has 0 saturated heterocycles. The number of rotatable bonds is 1. The zero-order valence-corrected chi connectivity index (χ0v) is 7.13. The van der Waals surface area contributed by atoms with Crippen molar-refractivity contribution in [3.8, 4) is 0 Å². The van der Waals surface area contributed by atoms with Crippen LogP contribution in [0.4, 0.5) is 26.3 Å². The zero-order chi connectivity index (χ0) is 11.6. The third kappa shape index (κ3) is 0.712. The van der Waals surface area contributed by atoms with Crippen molar-refractivity contribution in [3.05, 3.63) is 36.0 Å². The standard InChI is InChI=1S/C9H4F6/c1-2-4-3-7(12)5(10)6(11)8(4,13)9(7,14)15/h2-3H,1H2. The molecule has 0 heterocycles. The largest absolute Gasteiger partial charge is 0.335 e. The summed E-state index contributed by atoms with van der Waals surface area (Å²) < 4.78 is 78.9. The molecule has 2 rings (SSSR count). The maximum atomic E-state index is 13.6. The van der Waals surface area contributed by atoms with Gasteiger partial charge in [0.05, 0.1) is 0 Å². The number of hydrogen-bond acceptors (Lipinski definition) is 0. The third-order valence-electron chi connectivity index (χ3n) is 2.68. The minimum absolute atomic E-state index is 0.0262. The fraction of sp³-hybridized carbons (Fsp3) is 0.333. The molecule has 15 heavy (non-hydrogen) atoms. The highest BCUT2D eigenvalue weighted by molar-refractivity contribution is 5.60. The summed E-state index contributed by atoms with van der Waals surface area (Å²) >= 11 is 0. The van der Waals surface area contributed by atoms with Gasteiger partial charge in [0.1, 0.15) is 0 Å². The first-order chi connectivity index (χ1) is 6.73. The number of fused-ring (bicyclic) bond motifs is 2. The molecule has 0 nitrogen and oxygen atoms in total. The molecule has 2 aliphatic carbocycles. The molecule has 2 bridgehead atoms. The maximum Gasteiger partial charge on any atom is 0.335 e. The predicted octanol–water partition coefficient (Wildman–Crippen LogP) is 3.33. The average Bonchev–Trinajstić information content (AvgIpc) is 2.39. The Labute approximate surface area is 80.6 Å². The molecule has 2 atom stereocenters. The van der Waals surface area contributed by atoms with Gasteiger partial charge in [-0.15, -0.1) is 0 Å². The van der Waals surface area contributed by atoms with Gasteiger partial charge in [-0.3, -0.25) is 0 Å². The second kappa shape index (κ2) is 2.31. The lowest BCUT2D eigenvalue weighted by molar-refractivity contribution is -0.144. The van der Waals surface area contributed by atoms with E-state index in [4.69, 9.17) is 0 Å². The molecule has 0 spiro atoms. The summed E-state index contributed by atoms with van der Waals surface area (Å²) in [6.45, 7) is 2.94. The van der Waals surface area contributed by atoms with Gasteiger partial charge in [0, 0.05) is 5.57 Å². The van der Waals surface area contributed by atoms with E-state index in [1.165, 1.54) is 0 Å². The molecule has 0 aromatic carbocycles. The highest BCUT2D eigenvalue weighted by atomic mass is 19.3. The molecule has 6 heteroatoms. The van der Waals surface area contributed by atoms with Gasteiger partial charge in [-0.05, 0) is 6.08 Å². The van der Waals surface area contributed by atoms with Gasteiger partial charge in [-0.1, -0.05) is 12.7 Å². The predicted molar refractivity (Wildman–Crippen MR) is 40.1 cm³/mol. The van der Waals surface area contributed by atoms with Gasteiger partial charge in [0.2, 0.25) is 5.67 Å². The van der Waals surface area contributed by atoms with Crippen molar-refractivity contribution in [1.82, 2.24) is 0 Å². The van der Waals surface area contributed by atoms with Crippen molar-refractivity contribution in [2.24, 2.45) is 0 Å². The highest BCUT2D eigenvalue weighted by Crippen LogP contribution is 2.66. The number of alkyl halides is 4. The maximum absolute atomic E-state index is 13.6. The third-order valence-corrected chi connectivity index (χ3v) is 2.68. The molecular weight excluding hydrogens is 222 g/mol. The van der Waals surface area contributed by atoms with Crippen molar-refractivity contribution in [2.45, 2.75) is 17.3 Å². The van der Waals surface area contributed by atoms with Gasteiger partial charge >= 0.3 is 5.92 Å². The van der Waals surface area contributed by atoms with Crippen LogP contribution in [0.2, 0.25) is 0 Å². The van der Waals surface area contributed by atoms with E-state index in [9.17, 15) is 26.3 Å². The SMILES string of the molecule is C=CC1=CC2(F)C(F)=C(F)C1(F)C2(F)F. The Kier molecular flexibility index (Phi) is 1.59. The summed E-state index contributed by atoms with van der Waals surface area (Å²) in [5, 5.41) is 0. The van der Waals surface area contributed by atoms with E-state index in [1.807, 2.05) is 0 Å². The molecule has 2 unspecified atom stereocenters. The summed E-state index contributed by atoms with van der Waals surface area (Å²) in [7, 11) is 0. The smallest absolute Gasteiger partial charge is 0.224 e. The quantitative estimate of drug-likeness (QED) is 0.601. The second-order valence-corrected chi connectivity index (χ2v) is 3.38. The molecule has 0 aromatic rings. The van der Waals surface area contributed by atoms with Gasteiger partial charge in [-0.25, -0.2) is 17.6 Å². The molecular formula is C9H4F6. The van der Waals surface area contributed by atoms with Crippen LogP contribution in [-0.4, -0.2) is 17.3 Å². The lowest BCUT2D eigenvalue weighted by Gasteiger charge is -2.25. The summed E-state index contributed by atoms with van der Waals surface area (Å²) in [5.41, 5.74) is -9.09. The topological polar surface area (TPSA) is 0 Å². The fourth-order valence-electron chi connectivity index (χ4n) is 1.81. The van der Waals surface area contributed by atoms with Crippen molar-refractivity contribution >= 4 is 0 Å². The van der Waals surface area contributed by atoms with Crippen LogP contribution in [-0.2, 0) is 0 Å². The molecule has 0 N–H and O–H groups in total. The van der Waals surface area contributed by atoms with E-state index in [-0.39, 0.29) is 6.08 Å². The Balaban J connectivity index is 2.77. The lowest BCUT2D eigenvalue weighted by atomic mass is 9.96. The van der Waals surface area contributed by atoms with Gasteiger partial charge in [0.15, 0.2) is 11.7 Å². The average molecular weight is 226 g/mol. The first kappa shape index (κ1) is 10.3. The molecule has 2 aliphatic rings. The van der Waals surface area contributed by atoms with Crippen LogP contribution < -0.4 is 0 Å². The molecule has 82 valence electrons. The van der Waals surface area contributed by atoms with Gasteiger partial charge < -0.3 is 0 Å². The van der Waals surface area contributed by atoms with E-state index >= 15 is 0 Å². The summed E-state index contributed by atoms with van der Waals surface area (Å²) in [5.74, 6) is -9.62. The van der Waals surface area contributed by atoms with Crippen LogP contribution in [0.3, 0.4) is 0 Å². The molecule has 0 aliphatic heterocycles. The molecule has 0 fully saturated rings. The molecule has 0 aromatic heterocycles. The Morgan fingerprint density at radius 2 is 1.60 bits per heavy atom. The number of allylic oxidation sites excluding steroid dienone is 5. The van der Waals surface area contributed by atoms with E-state index in [2.05, 4.69) is 6.58 Å². The van der Waals surface area contributed by atoms with E-state index < -0.39 is 34.5 Å². The first-order valence-corrected chi connectivity index (χ1v) is 3.91. The monoisotopic (exact) mass is 226 g/mol. The van der Waals surface area contributed by atoms with Crippen LogP contribution in [0, 0.1) is 0 Å². The Morgan fingerprint density at radius 1 is 1.07 bits per heavy atom. The Bertz CT molecular complexity index is 416. The number of hydrogen-bond donors (Lipinski definition) is 0. The van der Waals surface area contributed by atoms with Crippen molar-refractivity contribution in [2.75, 3.05) is 0 Å². The van der Waals surface area contributed by atoms with Crippen LogP contribution >= 0.6 is 0 Å². The minimum atomic E-state index is -4.81. The van der Waals surface area contributed by atoms with Crippen molar-refractivity contribution < 1.29 is 26.3 Å². The fourth-order valence-corrected chi connectivity index (χ4v) is 1.81. The molecule has 0 amide bonds. The highest BCUT2D eigenvalue weighted by Gasteiger charge is 2.83. The summed E-state index contributed by atoms with van der Waals surface area (Å²) in [6, 6.07) is 0. The first-order valence-electron chi connectivity index (χ1n) is 3.91. The molecule has 0 saturated carbocycles. The summed E-state index contributed by atoms with van der Waals surface area (Å²) in [4.78, 5) is 0. The van der Waals surface area contributed by atoms with Crippen LogP contribution in [0.15, 0.2) is 36.0 Å². The molecule has 0 radical (unpaired) electrons. The normalized spacial score (nSPS) is 42.1. The second-order valence-electron chi connectivity index (χ2n) is 3.38. The van der Waals surface area contributed by atoms with E-state index in [0.29, 0.717) is 6.08 Å². The van der Waals surface area contributed by atoms with E-state index in [0.717, 1.165) is 0 Å².